The lowest BCUT2D eigenvalue weighted by atomic mass is 9.89. The van der Waals surface area contributed by atoms with Gasteiger partial charge in [-0.05, 0) is 23.5 Å². The third-order valence-corrected chi connectivity index (χ3v) is 2.22. The maximum Gasteiger partial charge on any atom is 0.0669 e. The summed E-state index contributed by atoms with van der Waals surface area (Å²) < 4.78 is 0. The molecule has 0 fully saturated rings. The van der Waals surface area contributed by atoms with E-state index in [-0.39, 0.29) is 11.5 Å². The first kappa shape index (κ1) is 12.3. The van der Waals surface area contributed by atoms with Crippen LogP contribution in [-0.4, -0.2) is 22.7 Å². The summed E-state index contributed by atoms with van der Waals surface area (Å²) in [7, 11) is 0. The lowest BCUT2D eigenvalue weighted by Gasteiger charge is -2.22. The fourth-order valence-electron chi connectivity index (χ4n) is 1.63. The van der Waals surface area contributed by atoms with Crippen LogP contribution in [0.25, 0.3) is 0 Å². The number of nitrogens with one attached hydrogen (secondary N) is 2. The van der Waals surface area contributed by atoms with Crippen LogP contribution < -0.4 is 5.32 Å². The Bertz CT molecular complexity index is 262. The molecule has 1 aromatic rings. The van der Waals surface area contributed by atoms with E-state index in [2.05, 4.69) is 31.1 Å². The SMILES string of the molecule is CC(C)(C)CC(O)CNCc1cc[nH]c1. The van der Waals surface area contributed by atoms with E-state index in [0.717, 1.165) is 13.0 Å². The van der Waals surface area contributed by atoms with Crippen LogP contribution in [0.2, 0.25) is 0 Å². The minimum absolute atomic E-state index is 0.190. The zero-order valence-electron chi connectivity index (χ0n) is 9.88. The van der Waals surface area contributed by atoms with Crippen molar-refractivity contribution in [2.24, 2.45) is 5.41 Å². The average Bonchev–Trinajstić information content (AvgIpc) is 2.53. The van der Waals surface area contributed by atoms with Crippen molar-refractivity contribution in [3.8, 4) is 0 Å². The molecule has 0 saturated carbocycles. The lowest BCUT2D eigenvalue weighted by Crippen LogP contribution is -2.29. The summed E-state index contributed by atoms with van der Waals surface area (Å²) in [5.41, 5.74) is 1.41. The predicted octanol–water partition coefficient (Wildman–Crippen LogP) is 1.90. The molecule has 3 heteroatoms. The van der Waals surface area contributed by atoms with Crippen molar-refractivity contribution in [2.75, 3.05) is 6.54 Å². The van der Waals surface area contributed by atoms with Gasteiger partial charge in [-0.1, -0.05) is 20.8 Å². The molecule has 0 amide bonds. The van der Waals surface area contributed by atoms with E-state index in [1.54, 1.807) is 0 Å². The zero-order chi connectivity index (χ0) is 11.3. The molecule has 1 unspecified atom stereocenters. The van der Waals surface area contributed by atoms with Crippen LogP contribution in [0.15, 0.2) is 18.5 Å². The molecule has 0 saturated heterocycles. The highest BCUT2D eigenvalue weighted by Crippen LogP contribution is 2.20. The van der Waals surface area contributed by atoms with Gasteiger partial charge in [0.2, 0.25) is 0 Å². The molecule has 0 bridgehead atoms. The minimum Gasteiger partial charge on any atom is -0.392 e. The Morgan fingerprint density at radius 1 is 1.47 bits per heavy atom. The molecule has 1 rings (SSSR count). The Morgan fingerprint density at radius 2 is 2.20 bits per heavy atom. The Labute approximate surface area is 91.9 Å². The summed E-state index contributed by atoms with van der Waals surface area (Å²) in [5, 5.41) is 13.0. The summed E-state index contributed by atoms with van der Waals surface area (Å²) in [5.74, 6) is 0. The van der Waals surface area contributed by atoms with Crippen molar-refractivity contribution in [2.45, 2.75) is 39.8 Å². The molecule has 0 aromatic carbocycles. The molecule has 0 radical (unpaired) electrons. The van der Waals surface area contributed by atoms with Crippen LogP contribution in [0.1, 0.15) is 32.8 Å². The molecule has 0 spiro atoms. The molecule has 3 N–H and O–H groups in total. The number of rotatable bonds is 5. The van der Waals surface area contributed by atoms with Gasteiger partial charge in [-0.15, -0.1) is 0 Å². The van der Waals surface area contributed by atoms with Crippen LogP contribution in [0.5, 0.6) is 0 Å². The van der Waals surface area contributed by atoms with Crippen LogP contribution in [0.4, 0.5) is 0 Å². The predicted molar refractivity (Wildman–Crippen MR) is 62.6 cm³/mol. The third kappa shape index (κ3) is 5.60. The number of H-pyrrole nitrogens is 1. The second kappa shape index (κ2) is 5.33. The topological polar surface area (TPSA) is 48.0 Å². The molecule has 86 valence electrons. The summed E-state index contributed by atoms with van der Waals surface area (Å²) in [4.78, 5) is 3.00. The van der Waals surface area contributed by atoms with Gasteiger partial charge in [0.25, 0.3) is 0 Å². The first-order chi connectivity index (χ1) is 6.97. The van der Waals surface area contributed by atoms with Gasteiger partial charge in [0.1, 0.15) is 0 Å². The van der Waals surface area contributed by atoms with E-state index in [1.165, 1.54) is 5.56 Å². The first-order valence-electron chi connectivity index (χ1n) is 5.48. The van der Waals surface area contributed by atoms with Gasteiger partial charge < -0.3 is 15.4 Å². The molecule has 3 nitrogen and oxygen atoms in total. The van der Waals surface area contributed by atoms with Crippen molar-refractivity contribution in [1.82, 2.24) is 10.3 Å². The Hall–Kier alpha value is -0.800. The van der Waals surface area contributed by atoms with Crippen LogP contribution >= 0.6 is 0 Å². The molecule has 0 aliphatic rings. The Balaban J connectivity index is 2.15. The average molecular weight is 210 g/mol. The van der Waals surface area contributed by atoms with E-state index in [4.69, 9.17) is 0 Å². The minimum atomic E-state index is -0.260. The number of aliphatic hydroxyl groups is 1. The molecule has 0 aliphatic heterocycles. The number of aromatic amines is 1. The van der Waals surface area contributed by atoms with Gasteiger partial charge in [0, 0.05) is 25.5 Å². The van der Waals surface area contributed by atoms with Gasteiger partial charge in [0.15, 0.2) is 0 Å². The van der Waals surface area contributed by atoms with E-state index < -0.39 is 0 Å². The largest absolute Gasteiger partial charge is 0.392 e. The highest BCUT2D eigenvalue weighted by molar-refractivity contribution is 5.07. The zero-order valence-corrected chi connectivity index (χ0v) is 9.88. The second-order valence-electron chi connectivity index (χ2n) is 5.27. The normalized spacial score (nSPS) is 14.1. The maximum atomic E-state index is 9.74. The van der Waals surface area contributed by atoms with Gasteiger partial charge in [-0.2, -0.15) is 0 Å². The standard InChI is InChI=1S/C12H22N2O/c1-12(2,3)6-11(15)9-14-8-10-4-5-13-7-10/h4-5,7,11,13-15H,6,8-9H2,1-3H3. The highest BCUT2D eigenvalue weighted by atomic mass is 16.3. The van der Waals surface area contributed by atoms with E-state index >= 15 is 0 Å². The van der Waals surface area contributed by atoms with Crippen LogP contribution in [0, 0.1) is 5.41 Å². The summed E-state index contributed by atoms with van der Waals surface area (Å²) in [6, 6.07) is 2.03. The quantitative estimate of drug-likeness (QED) is 0.695. The van der Waals surface area contributed by atoms with Crippen molar-refractivity contribution in [3.05, 3.63) is 24.0 Å². The van der Waals surface area contributed by atoms with E-state index in [1.807, 2.05) is 18.5 Å². The number of aromatic nitrogens is 1. The molecule has 1 atom stereocenters. The van der Waals surface area contributed by atoms with Crippen LogP contribution in [-0.2, 0) is 6.54 Å². The van der Waals surface area contributed by atoms with Gasteiger partial charge in [0.05, 0.1) is 6.10 Å². The van der Waals surface area contributed by atoms with Crippen molar-refractivity contribution < 1.29 is 5.11 Å². The Kier molecular flexibility index (Phi) is 4.36. The van der Waals surface area contributed by atoms with Crippen molar-refractivity contribution in [3.63, 3.8) is 0 Å². The van der Waals surface area contributed by atoms with E-state index in [0.29, 0.717) is 6.54 Å². The first-order valence-corrected chi connectivity index (χ1v) is 5.48. The number of hydrogen-bond acceptors (Lipinski definition) is 2. The van der Waals surface area contributed by atoms with Crippen molar-refractivity contribution >= 4 is 0 Å². The summed E-state index contributed by atoms with van der Waals surface area (Å²) in [6.45, 7) is 7.89. The fraction of sp³-hybridized carbons (Fsp3) is 0.667. The van der Waals surface area contributed by atoms with Gasteiger partial charge in [-0.25, -0.2) is 0 Å². The lowest BCUT2D eigenvalue weighted by molar-refractivity contribution is 0.119. The smallest absolute Gasteiger partial charge is 0.0669 e. The maximum absolute atomic E-state index is 9.74. The second-order valence-corrected chi connectivity index (χ2v) is 5.27. The third-order valence-electron chi connectivity index (χ3n) is 2.22. The van der Waals surface area contributed by atoms with Gasteiger partial charge >= 0.3 is 0 Å². The monoisotopic (exact) mass is 210 g/mol. The van der Waals surface area contributed by atoms with Crippen LogP contribution in [0.3, 0.4) is 0 Å². The molecule has 15 heavy (non-hydrogen) atoms. The summed E-state index contributed by atoms with van der Waals surface area (Å²) in [6.07, 6.45) is 4.43. The molecule has 1 aromatic heterocycles. The number of aliphatic hydroxyl groups excluding tert-OH is 1. The molecular formula is C12H22N2O. The Morgan fingerprint density at radius 3 is 2.73 bits per heavy atom. The highest BCUT2D eigenvalue weighted by Gasteiger charge is 2.15. The van der Waals surface area contributed by atoms with Crippen molar-refractivity contribution in [1.29, 1.82) is 0 Å². The van der Waals surface area contributed by atoms with E-state index in [9.17, 15) is 5.11 Å². The molecular weight excluding hydrogens is 188 g/mol. The molecule has 1 heterocycles. The number of hydrogen-bond donors (Lipinski definition) is 3. The fourth-order valence-corrected chi connectivity index (χ4v) is 1.63. The summed E-state index contributed by atoms with van der Waals surface area (Å²) >= 11 is 0. The molecule has 0 aliphatic carbocycles. The van der Waals surface area contributed by atoms with Gasteiger partial charge in [-0.3, -0.25) is 0 Å².